The number of ether oxygens (including phenoxy) is 1. The number of rotatable bonds is 9. The lowest BCUT2D eigenvalue weighted by Gasteiger charge is -2.50. The summed E-state index contributed by atoms with van der Waals surface area (Å²) in [6, 6.07) is 21.2. The summed E-state index contributed by atoms with van der Waals surface area (Å²) in [5, 5.41) is 17.8. The fourth-order valence-electron chi connectivity index (χ4n) is 7.90. The predicted molar refractivity (Wildman–Crippen MR) is 196 cm³/mol. The Balaban J connectivity index is 1.20. The van der Waals surface area contributed by atoms with E-state index in [1.165, 1.54) is 4.90 Å². The Labute approximate surface area is 313 Å². The van der Waals surface area contributed by atoms with E-state index in [0.717, 1.165) is 10.6 Å². The number of imide groups is 2. The van der Waals surface area contributed by atoms with Crippen LogP contribution in [0.15, 0.2) is 94.7 Å². The third kappa shape index (κ3) is 5.58. The zero-order valence-corrected chi connectivity index (χ0v) is 30.8. The number of carbonyl (C=O) groups excluding carboxylic acids is 4. The second kappa shape index (κ2) is 13.5. The number of amides is 4. The van der Waals surface area contributed by atoms with E-state index >= 15 is 0 Å². The summed E-state index contributed by atoms with van der Waals surface area (Å²) in [7, 11) is 3.91. The van der Waals surface area contributed by atoms with Crippen molar-refractivity contribution >= 4 is 85.5 Å². The van der Waals surface area contributed by atoms with E-state index in [1.54, 1.807) is 48.5 Å². The molecule has 3 aromatic carbocycles. The second-order valence-corrected chi connectivity index (χ2v) is 15.0. The Kier molecular flexibility index (Phi) is 9.32. The minimum Gasteiger partial charge on any atom is -0.491 e. The van der Waals surface area contributed by atoms with Crippen molar-refractivity contribution in [1.29, 1.82) is 0 Å². The number of aliphatic hydroxyl groups is 1. The van der Waals surface area contributed by atoms with Gasteiger partial charge in [0.15, 0.2) is 9.75 Å². The second-order valence-electron chi connectivity index (χ2n) is 13.3. The van der Waals surface area contributed by atoms with Gasteiger partial charge in [-0.3, -0.25) is 29.0 Å². The summed E-state index contributed by atoms with van der Waals surface area (Å²) >= 11 is 17.9. The normalized spacial score (nSPS) is 28.5. The molecule has 0 spiro atoms. The molecule has 0 radical (unpaired) electrons. The number of allylic oxidation sites excluding steroid dienone is 2. The molecule has 14 heteroatoms. The van der Waals surface area contributed by atoms with Gasteiger partial charge in [0.2, 0.25) is 11.8 Å². The summed E-state index contributed by atoms with van der Waals surface area (Å²) in [6.45, 7) is -0.0623. The van der Waals surface area contributed by atoms with Gasteiger partial charge in [0.25, 0.3) is 11.8 Å². The van der Waals surface area contributed by atoms with Crippen LogP contribution in [0.1, 0.15) is 24.3 Å². The summed E-state index contributed by atoms with van der Waals surface area (Å²) in [6.07, 6.45) is 2.04. The Hall–Kier alpha value is -4.10. The van der Waals surface area contributed by atoms with Crippen molar-refractivity contribution in [1.82, 2.24) is 4.90 Å². The number of hydrogen-bond acceptors (Lipinski definition) is 9. The SMILES string of the molecule is CN(C)c1ccc(N=Nc2ccc(N3C(=O)C4CC=C5C(CC6(Cl)C(=O)N(CBr)C(=O)C6(Cl)C5c5ccc(OCCO)cc5)C4C3=O)cc2)cc1. The topological polar surface area (TPSA) is 132 Å². The number of anilines is 2. The maximum Gasteiger partial charge on any atom is 0.254 e. The number of hydrogen-bond donors (Lipinski definition) is 1. The Bertz CT molecular complexity index is 1960. The van der Waals surface area contributed by atoms with Gasteiger partial charge in [0, 0.05) is 25.7 Å². The van der Waals surface area contributed by atoms with Gasteiger partial charge in [0.1, 0.15) is 12.4 Å². The van der Waals surface area contributed by atoms with Gasteiger partial charge in [-0.05, 0) is 85.0 Å². The highest BCUT2D eigenvalue weighted by Crippen LogP contribution is 2.65. The number of halogens is 3. The van der Waals surface area contributed by atoms with Crippen molar-refractivity contribution in [2.24, 2.45) is 28.0 Å². The summed E-state index contributed by atoms with van der Waals surface area (Å²) in [4.78, 5) is 56.6. The monoisotopic (exact) mass is 793 g/mol. The van der Waals surface area contributed by atoms with Crippen molar-refractivity contribution in [3.05, 3.63) is 90.0 Å². The number of benzene rings is 3. The molecule has 2 saturated heterocycles. The smallest absolute Gasteiger partial charge is 0.254 e. The van der Waals surface area contributed by atoms with Gasteiger partial charge in [-0.25, -0.2) is 0 Å². The van der Waals surface area contributed by atoms with E-state index in [9.17, 15) is 24.3 Å². The van der Waals surface area contributed by atoms with Crippen LogP contribution in [0.25, 0.3) is 0 Å². The van der Waals surface area contributed by atoms with Crippen molar-refractivity contribution in [2.45, 2.75) is 28.5 Å². The fourth-order valence-corrected chi connectivity index (χ4v) is 9.33. The van der Waals surface area contributed by atoms with E-state index in [2.05, 4.69) is 26.2 Å². The largest absolute Gasteiger partial charge is 0.491 e. The van der Waals surface area contributed by atoms with Gasteiger partial charge < -0.3 is 14.7 Å². The van der Waals surface area contributed by atoms with Crippen LogP contribution in [-0.2, 0) is 19.2 Å². The molecule has 264 valence electrons. The van der Waals surface area contributed by atoms with Crippen LogP contribution in [0.3, 0.4) is 0 Å². The lowest BCUT2D eigenvalue weighted by atomic mass is 9.56. The zero-order valence-electron chi connectivity index (χ0n) is 27.7. The predicted octanol–water partition coefficient (Wildman–Crippen LogP) is 6.45. The maximum absolute atomic E-state index is 14.4. The van der Waals surface area contributed by atoms with Crippen molar-refractivity contribution < 1.29 is 29.0 Å². The average Bonchev–Trinajstić information content (AvgIpc) is 3.47. The van der Waals surface area contributed by atoms with Crippen molar-refractivity contribution in [3.63, 3.8) is 0 Å². The Morgan fingerprint density at radius 3 is 2.10 bits per heavy atom. The number of likely N-dealkylation sites (tertiary alicyclic amines) is 1. The summed E-state index contributed by atoms with van der Waals surface area (Å²) < 4.78 is 5.54. The molecule has 0 bridgehead atoms. The van der Waals surface area contributed by atoms with Gasteiger partial charge in [-0.2, -0.15) is 10.2 Å². The number of fused-ring (bicyclic) bond motifs is 4. The van der Waals surface area contributed by atoms with Gasteiger partial charge >= 0.3 is 0 Å². The van der Waals surface area contributed by atoms with Gasteiger partial charge in [-0.15, -0.1) is 23.2 Å². The highest BCUT2D eigenvalue weighted by atomic mass is 79.9. The first kappa shape index (κ1) is 35.3. The van der Waals surface area contributed by atoms with E-state index < -0.39 is 51.1 Å². The minimum absolute atomic E-state index is 0.0989. The zero-order chi connectivity index (χ0) is 36.2. The van der Waals surface area contributed by atoms with Crippen molar-refractivity contribution in [3.8, 4) is 5.75 Å². The van der Waals surface area contributed by atoms with Crippen LogP contribution in [0.2, 0.25) is 0 Å². The van der Waals surface area contributed by atoms with Crippen LogP contribution in [0.4, 0.5) is 22.7 Å². The van der Waals surface area contributed by atoms with Crippen LogP contribution in [-0.4, -0.2) is 76.1 Å². The first-order valence-electron chi connectivity index (χ1n) is 16.5. The van der Waals surface area contributed by atoms with Gasteiger partial charge in [0.05, 0.1) is 41.0 Å². The van der Waals surface area contributed by atoms with Crippen LogP contribution >= 0.6 is 39.1 Å². The molecule has 3 fully saturated rings. The first-order valence-corrected chi connectivity index (χ1v) is 18.3. The van der Waals surface area contributed by atoms with E-state index in [1.807, 2.05) is 49.3 Å². The molecule has 1 saturated carbocycles. The molecule has 3 aromatic rings. The van der Waals surface area contributed by atoms with E-state index in [0.29, 0.717) is 33.9 Å². The Morgan fingerprint density at radius 2 is 1.51 bits per heavy atom. The van der Waals surface area contributed by atoms with Crippen molar-refractivity contribution in [2.75, 3.05) is 42.6 Å². The highest BCUT2D eigenvalue weighted by Gasteiger charge is 2.76. The van der Waals surface area contributed by atoms with E-state index in [-0.39, 0.29) is 37.4 Å². The third-order valence-electron chi connectivity index (χ3n) is 10.3. The summed E-state index contributed by atoms with van der Waals surface area (Å²) in [5.74, 6) is -4.59. The van der Waals surface area contributed by atoms with E-state index in [4.69, 9.17) is 27.9 Å². The number of nitrogens with zero attached hydrogens (tertiary/aromatic N) is 5. The Morgan fingerprint density at radius 1 is 0.882 bits per heavy atom. The lowest BCUT2D eigenvalue weighted by molar-refractivity contribution is -0.138. The minimum atomic E-state index is -1.90. The molecule has 1 N–H and O–H groups in total. The molecule has 0 aromatic heterocycles. The molecule has 2 aliphatic carbocycles. The van der Waals surface area contributed by atoms with Crippen LogP contribution < -0.4 is 14.5 Å². The highest BCUT2D eigenvalue weighted by molar-refractivity contribution is 9.09. The summed E-state index contributed by atoms with van der Waals surface area (Å²) in [5.41, 5.74) is 3.85. The van der Waals surface area contributed by atoms with Gasteiger partial charge in [-0.1, -0.05) is 39.7 Å². The molecular formula is C37H34BrCl2N5O6. The maximum atomic E-state index is 14.4. The number of aliphatic hydroxyl groups excluding tert-OH is 1. The molecule has 2 heterocycles. The molecule has 2 aliphatic heterocycles. The van der Waals surface area contributed by atoms with Crippen LogP contribution in [0, 0.1) is 17.8 Å². The molecule has 6 unspecified atom stereocenters. The molecule has 11 nitrogen and oxygen atoms in total. The molecule has 4 aliphatic rings. The third-order valence-corrected chi connectivity index (χ3v) is 12.3. The average molecular weight is 796 g/mol. The fraction of sp³-hybridized carbons (Fsp3) is 0.351. The first-order chi connectivity index (χ1) is 24.4. The quantitative estimate of drug-likeness (QED) is 0.0866. The standard InChI is InChI=1S/C37H34BrCl2N5O6/c1-43(2)24-9-5-22(6-10-24)41-42-23-7-11-25(12-8-23)45-32(47)28-16-15-27-29(30(28)33(45)48)19-36(39)34(49)44(20-38)35(50)37(36,40)31(27)21-3-13-26(14-4-21)51-18-17-46/h3-15,28-31,46H,16-20H2,1-2H3. The number of carbonyl (C=O) groups is 4. The lowest BCUT2D eigenvalue weighted by Crippen LogP contribution is -2.60. The number of azo groups is 1. The molecule has 51 heavy (non-hydrogen) atoms. The van der Waals surface area contributed by atoms with Crippen LogP contribution in [0.5, 0.6) is 5.75 Å². The molecular weight excluding hydrogens is 761 g/mol. The number of alkyl halides is 3. The molecule has 7 rings (SSSR count). The molecule has 6 atom stereocenters. The molecule has 4 amide bonds.